The van der Waals surface area contributed by atoms with Gasteiger partial charge in [0.25, 0.3) is 0 Å². The van der Waals surface area contributed by atoms with Gasteiger partial charge in [-0.05, 0) is 12.8 Å². The summed E-state index contributed by atoms with van der Waals surface area (Å²) in [7, 11) is 0. The van der Waals surface area contributed by atoms with Gasteiger partial charge in [0, 0.05) is 6.42 Å². The normalized spacial score (nSPS) is 14.0. The molecule has 0 radical (unpaired) electrons. The van der Waals surface area contributed by atoms with E-state index in [1.54, 1.807) is 6.08 Å². The summed E-state index contributed by atoms with van der Waals surface area (Å²) in [5.41, 5.74) is 0. The van der Waals surface area contributed by atoms with Crippen molar-refractivity contribution in [2.75, 3.05) is 6.61 Å². The molecule has 5 nitrogen and oxygen atoms in total. The second-order valence-electron chi connectivity index (χ2n) is 12.5. The fourth-order valence-corrected chi connectivity index (χ4v) is 5.49. The topological polar surface area (TPSA) is 89.8 Å². The first-order chi connectivity index (χ1) is 20.0. The Bertz CT molecular complexity index is 568. The van der Waals surface area contributed by atoms with Crippen molar-refractivity contribution >= 4 is 5.91 Å². The molecule has 0 aliphatic heterocycles. The van der Waals surface area contributed by atoms with Crippen LogP contribution < -0.4 is 5.32 Å². The molecule has 0 aromatic heterocycles. The van der Waals surface area contributed by atoms with E-state index in [1.165, 1.54) is 134 Å². The Kier molecular flexibility index (Phi) is 31.3. The number of hydrogen-bond acceptors (Lipinski definition) is 4. The maximum absolute atomic E-state index is 12.3. The molecule has 0 saturated heterocycles. The number of carbonyl (C=O) groups excluding carboxylic acids is 1. The molecule has 0 fully saturated rings. The zero-order valence-corrected chi connectivity index (χ0v) is 27.4. The lowest BCUT2D eigenvalue weighted by atomic mass is 10.0. The number of rotatable bonds is 32. The van der Waals surface area contributed by atoms with Gasteiger partial charge in [0.2, 0.25) is 5.91 Å². The van der Waals surface area contributed by atoms with E-state index in [1.807, 2.05) is 0 Å². The van der Waals surface area contributed by atoms with Crippen molar-refractivity contribution < 1.29 is 20.1 Å². The Morgan fingerprint density at radius 1 is 0.561 bits per heavy atom. The van der Waals surface area contributed by atoms with Crippen LogP contribution in [0, 0.1) is 0 Å². The van der Waals surface area contributed by atoms with Gasteiger partial charge in [-0.25, -0.2) is 0 Å². The van der Waals surface area contributed by atoms with Crippen molar-refractivity contribution in [1.29, 1.82) is 0 Å². The number of carbonyl (C=O) groups is 1. The lowest BCUT2D eigenvalue weighted by Gasteiger charge is -2.20. The largest absolute Gasteiger partial charge is 0.394 e. The summed E-state index contributed by atoms with van der Waals surface area (Å²) in [6.07, 6.45) is 34.5. The summed E-state index contributed by atoms with van der Waals surface area (Å²) in [6.45, 7) is 4.19. The number of aliphatic hydroxyl groups excluding tert-OH is 3. The molecule has 0 spiro atoms. The maximum atomic E-state index is 12.3. The van der Waals surface area contributed by atoms with E-state index in [4.69, 9.17) is 0 Å². The molecule has 1 amide bonds. The fraction of sp³-hybridized carbons (Fsp3) is 0.917. The Balaban J connectivity index is 3.73. The molecule has 0 aliphatic rings. The molecule has 0 saturated carbocycles. The molecule has 244 valence electrons. The molecule has 3 unspecified atom stereocenters. The highest BCUT2D eigenvalue weighted by Gasteiger charge is 2.18. The average Bonchev–Trinajstić information content (AvgIpc) is 2.97. The predicted octanol–water partition coefficient (Wildman–Crippen LogP) is 9.31. The third kappa shape index (κ3) is 29.0. The van der Waals surface area contributed by atoms with Crippen LogP contribution >= 0.6 is 0 Å². The average molecular weight is 582 g/mol. The molecule has 0 aliphatic carbocycles. The molecule has 3 atom stereocenters. The third-order valence-corrected chi connectivity index (χ3v) is 8.35. The highest BCUT2D eigenvalue weighted by Crippen LogP contribution is 2.15. The first-order valence-corrected chi connectivity index (χ1v) is 18.0. The minimum absolute atomic E-state index is 0.128. The standard InChI is InChI=1S/C36H71NO4/c1-3-5-7-9-11-13-15-16-17-18-19-21-23-25-27-29-36(41)37-34(32-38)35(40)31-30-33(39)28-26-24-22-20-14-12-10-8-6-4-2/h30-31,33-35,38-40H,3-29,32H2,1-2H3,(H,37,41). The summed E-state index contributed by atoms with van der Waals surface area (Å²) < 4.78 is 0. The minimum Gasteiger partial charge on any atom is -0.394 e. The fourth-order valence-electron chi connectivity index (χ4n) is 5.49. The van der Waals surface area contributed by atoms with E-state index in [0.717, 1.165) is 32.1 Å². The molecule has 4 N–H and O–H groups in total. The van der Waals surface area contributed by atoms with Crippen molar-refractivity contribution in [1.82, 2.24) is 5.32 Å². The van der Waals surface area contributed by atoms with E-state index in [0.29, 0.717) is 12.8 Å². The number of aliphatic hydroxyl groups is 3. The summed E-state index contributed by atoms with van der Waals surface area (Å²) in [4.78, 5) is 12.3. The van der Waals surface area contributed by atoms with Crippen molar-refractivity contribution in [3.63, 3.8) is 0 Å². The van der Waals surface area contributed by atoms with Gasteiger partial charge in [0.15, 0.2) is 0 Å². The Morgan fingerprint density at radius 2 is 0.927 bits per heavy atom. The van der Waals surface area contributed by atoms with Gasteiger partial charge in [-0.1, -0.05) is 180 Å². The van der Waals surface area contributed by atoms with Crippen LogP contribution in [-0.4, -0.2) is 46.1 Å². The molecule has 0 aromatic carbocycles. The Labute approximate surface area is 255 Å². The zero-order valence-electron chi connectivity index (χ0n) is 27.4. The molecule has 5 heteroatoms. The highest BCUT2D eigenvalue weighted by atomic mass is 16.3. The first kappa shape index (κ1) is 40.1. The monoisotopic (exact) mass is 582 g/mol. The van der Waals surface area contributed by atoms with E-state index in [9.17, 15) is 20.1 Å². The first-order valence-electron chi connectivity index (χ1n) is 18.0. The Morgan fingerprint density at radius 3 is 1.32 bits per heavy atom. The summed E-state index contributed by atoms with van der Waals surface area (Å²) in [5.74, 6) is -0.128. The van der Waals surface area contributed by atoms with Gasteiger partial charge < -0.3 is 20.6 Å². The van der Waals surface area contributed by atoms with Crippen LogP contribution in [0.3, 0.4) is 0 Å². The van der Waals surface area contributed by atoms with Gasteiger partial charge in [-0.15, -0.1) is 0 Å². The van der Waals surface area contributed by atoms with Gasteiger partial charge in [-0.2, -0.15) is 0 Å². The van der Waals surface area contributed by atoms with Gasteiger partial charge in [-0.3, -0.25) is 4.79 Å². The van der Waals surface area contributed by atoms with Crippen LogP contribution in [-0.2, 0) is 4.79 Å². The van der Waals surface area contributed by atoms with Gasteiger partial charge in [0.1, 0.15) is 0 Å². The Hall–Kier alpha value is -0.910. The quantitative estimate of drug-likeness (QED) is 0.0471. The maximum Gasteiger partial charge on any atom is 0.220 e. The molecular formula is C36H71NO4. The number of nitrogens with one attached hydrogen (secondary N) is 1. The van der Waals surface area contributed by atoms with E-state index in [-0.39, 0.29) is 12.5 Å². The van der Waals surface area contributed by atoms with Gasteiger partial charge >= 0.3 is 0 Å². The predicted molar refractivity (Wildman–Crippen MR) is 176 cm³/mol. The number of unbranched alkanes of at least 4 members (excludes halogenated alkanes) is 23. The molecule has 0 aromatic rings. The lowest BCUT2D eigenvalue weighted by Crippen LogP contribution is -2.45. The van der Waals surface area contributed by atoms with Crippen molar-refractivity contribution in [2.45, 2.75) is 205 Å². The van der Waals surface area contributed by atoms with E-state index in [2.05, 4.69) is 19.2 Å². The van der Waals surface area contributed by atoms with E-state index >= 15 is 0 Å². The van der Waals surface area contributed by atoms with Crippen LogP contribution in [0.15, 0.2) is 12.2 Å². The van der Waals surface area contributed by atoms with Crippen LogP contribution in [0.4, 0.5) is 0 Å². The van der Waals surface area contributed by atoms with E-state index < -0.39 is 18.2 Å². The smallest absolute Gasteiger partial charge is 0.220 e. The van der Waals surface area contributed by atoms with Crippen LogP contribution in [0.2, 0.25) is 0 Å². The van der Waals surface area contributed by atoms with Crippen LogP contribution in [0.25, 0.3) is 0 Å². The lowest BCUT2D eigenvalue weighted by molar-refractivity contribution is -0.123. The molecular weight excluding hydrogens is 510 g/mol. The second kappa shape index (κ2) is 32.0. The summed E-state index contributed by atoms with van der Waals surface area (Å²) in [6, 6.07) is -0.736. The summed E-state index contributed by atoms with van der Waals surface area (Å²) >= 11 is 0. The number of hydrogen-bond donors (Lipinski definition) is 4. The molecule has 41 heavy (non-hydrogen) atoms. The minimum atomic E-state index is -1.01. The SMILES string of the molecule is CCCCCCCCCCCCCCCCCC(=O)NC(CO)C(O)C=CC(O)CCCCCCCCCCCC. The molecule has 0 heterocycles. The van der Waals surface area contributed by atoms with Crippen LogP contribution in [0.5, 0.6) is 0 Å². The number of amides is 1. The zero-order chi connectivity index (χ0) is 30.2. The van der Waals surface area contributed by atoms with Crippen molar-refractivity contribution in [3.05, 3.63) is 12.2 Å². The third-order valence-electron chi connectivity index (χ3n) is 8.35. The molecule has 0 bridgehead atoms. The van der Waals surface area contributed by atoms with Crippen molar-refractivity contribution in [2.24, 2.45) is 0 Å². The second-order valence-corrected chi connectivity index (χ2v) is 12.5. The van der Waals surface area contributed by atoms with Crippen molar-refractivity contribution in [3.8, 4) is 0 Å². The molecule has 0 rings (SSSR count). The summed E-state index contributed by atoms with van der Waals surface area (Å²) in [5, 5.41) is 33.0. The van der Waals surface area contributed by atoms with Gasteiger partial charge in [0.05, 0.1) is 24.9 Å². The highest BCUT2D eigenvalue weighted by molar-refractivity contribution is 5.76. The van der Waals surface area contributed by atoms with Crippen LogP contribution in [0.1, 0.15) is 187 Å².